The van der Waals surface area contributed by atoms with Crippen LogP contribution in [0.15, 0.2) is 11.9 Å². The van der Waals surface area contributed by atoms with Crippen molar-refractivity contribution < 1.29 is 30.7 Å². The van der Waals surface area contributed by atoms with Crippen molar-refractivity contribution in [3.63, 3.8) is 0 Å². The van der Waals surface area contributed by atoms with Gasteiger partial charge in [0.1, 0.15) is 0 Å². The van der Waals surface area contributed by atoms with Gasteiger partial charge in [-0.1, -0.05) is 26.2 Å². The lowest BCUT2D eigenvalue weighted by Gasteiger charge is -2.24. The fraction of sp³-hybridized carbons (Fsp3) is 0.800. The standard InChI is InChI=1S/C10H13F7/c1-2-3-4-5-6-9(14,15)10(16,17)7(11)8(12)13/h2-6H2,1H3. The van der Waals surface area contributed by atoms with Gasteiger partial charge in [-0.05, 0) is 6.42 Å². The highest BCUT2D eigenvalue weighted by molar-refractivity contribution is 5.10. The molecule has 0 fully saturated rings. The van der Waals surface area contributed by atoms with Crippen LogP contribution in [0.2, 0.25) is 0 Å². The Hall–Kier alpha value is -0.750. The smallest absolute Gasteiger partial charge is 0.199 e. The van der Waals surface area contributed by atoms with Crippen LogP contribution in [0.5, 0.6) is 0 Å². The maximum atomic E-state index is 12.9. The first-order valence-corrected chi connectivity index (χ1v) is 5.13. The van der Waals surface area contributed by atoms with Crippen LogP contribution in [0, 0.1) is 0 Å². The first kappa shape index (κ1) is 16.2. The Balaban J connectivity index is 4.62. The molecule has 0 amide bonds. The van der Waals surface area contributed by atoms with Gasteiger partial charge in [0.2, 0.25) is 5.83 Å². The summed E-state index contributed by atoms with van der Waals surface area (Å²) in [6.07, 6.45) is -3.46. The van der Waals surface area contributed by atoms with Crippen molar-refractivity contribution in [1.82, 2.24) is 0 Å². The fourth-order valence-electron chi connectivity index (χ4n) is 1.21. The lowest BCUT2D eigenvalue weighted by atomic mass is 10.0. The zero-order chi connectivity index (χ0) is 13.7. The van der Waals surface area contributed by atoms with Gasteiger partial charge in [0.05, 0.1) is 0 Å². The first-order valence-electron chi connectivity index (χ1n) is 5.13. The van der Waals surface area contributed by atoms with Crippen LogP contribution in [0.4, 0.5) is 30.7 Å². The van der Waals surface area contributed by atoms with Gasteiger partial charge in [0, 0.05) is 6.42 Å². The van der Waals surface area contributed by atoms with Crippen molar-refractivity contribution in [2.24, 2.45) is 0 Å². The largest absolute Gasteiger partial charge is 0.366 e. The molecule has 0 atom stereocenters. The van der Waals surface area contributed by atoms with Crippen LogP contribution >= 0.6 is 0 Å². The summed E-state index contributed by atoms with van der Waals surface area (Å²) in [6.45, 7) is 1.79. The molecule has 17 heavy (non-hydrogen) atoms. The van der Waals surface area contributed by atoms with E-state index in [-0.39, 0.29) is 12.8 Å². The zero-order valence-electron chi connectivity index (χ0n) is 9.18. The molecule has 0 nitrogen and oxygen atoms in total. The Morgan fingerprint density at radius 3 is 1.82 bits per heavy atom. The summed E-state index contributed by atoms with van der Waals surface area (Å²) < 4.78 is 86.6. The van der Waals surface area contributed by atoms with Gasteiger partial charge in [0.25, 0.3) is 0 Å². The first-order chi connectivity index (χ1) is 7.66. The average molecular weight is 266 g/mol. The van der Waals surface area contributed by atoms with E-state index in [0.29, 0.717) is 12.8 Å². The third-order valence-corrected chi connectivity index (χ3v) is 2.25. The highest BCUT2D eigenvalue weighted by atomic mass is 19.3. The number of halogens is 7. The molecule has 0 saturated heterocycles. The van der Waals surface area contributed by atoms with E-state index < -0.39 is 30.2 Å². The maximum absolute atomic E-state index is 12.9. The van der Waals surface area contributed by atoms with E-state index in [2.05, 4.69) is 0 Å². The topological polar surface area (TPSA) is 0 Å². The van der Waals surface area contributed by atoms with Gasteiger partial charge >= 0.3 is 17.9 Å². The molecule has 7 heteroatoms. The summed E-state index contributed by atoms with van der Waals surface area (Å²) in [5.41, 5.74) is 0. The third kappa shape index (κ3) is 4.20. The fourth-order valence-corrected chi connectivity index (χ4v) is 1.21. The summed E-state index contributed by atoms with van der Waals surface area (Å²) >= 11 is 0. The Labute approximate surface area is 94.5 Å². The van der Waals surface area contributed by atoms with Gasteiger partial charge in [0.15, 0.2) is 0 Å². The Kier molecular flexibility index (Phi) is 5.98. The predicted octanol–water partition coefficient (Wildman–Crippen LogP) is 5.31. The third-order valence-electron chi connectivity index (χ3n) is 2.25. The molecule has 0 aromatic rings. The van der Waals surface area contributed by atoms with Crippen LogP contribution < -0.4 is 0 Å². The summed E-state index contributed by atoms with van der Waals surface area (Å²) in [4.78, 5) is 0. The molecule has 0 heterocycles. The lowest BCUT2D eigenvalue weighted by molar-refractivity contribution is -0.200. The lowest BCUT2D eigenvalue weighted by Crippen LogP contribution is -2.41. The molecular weight excluding hydrogens is 253 g/mol. The van der Waals surface area contributed by atoms with E-state index in [4.69, 9.17) is 0 Å². The summed E-state index contributed by atoms with van der Waals surface area (Å²) in [5.74, 6) is -13.6. The quantitative estimate of drug-likeness (QED) is 0.433. The molecule has 0 rings (SSSR count). The van der Waals surface area contributed by atoms with E-state index in [1.807, 2.05) is 0 Å². The Morgan fingerprint density at radius 2 is 1.41 bits per heavy atom. The highest BCUT2D eigenvalue weighted by Gasteiger charge is 2.60. The van der Waals surface area contributed by atoms with Crippen molar-refractivity contribution in [2.75, 3.05) is 0 Å². The molecule has 0 radical (unpaired) electrons. The summed E-state index contributed by atoms with van der Waals surface area (Å²) in [7, 11) is 0. The van der Waals surface area contributed by atoms with E-state index in [0.717, 1.165) is 0 Å². The molecule has 102 valence electrons. The number of alkyl halides is 4. The van der Waals surface area contributed by atoms with Gasteiger partial charge in [-0.2, -0.15) is 30.7 Å². The average Bonchev–Trinajstić information content (AvgIpc) is 2.22. The minimum atomic E-state index is -5.45. The van der Waals surface area contributed by atoms with Gasteiger partial charge in [-0.25, -0.2) is 0 Å². The molecule has 0 unspecified atom stereocenters. The second-order valence-electron chi connectivity index (χ2n) is 3.66. The molecule has 0 bridgehead atoms. The number of hydrogen-bond donors (Lipinski definition) is 0. The molecule has 0 aliphatic rings. The van der Waals surface area contributed by atoms with Crippen molar-refractivity contribution in [3.05, 3.63) is 11.9 Å². The molecular formula is C10H13F7. The minimum absolute atomic E-state index is 0.266. The van der Waals surface area contributed by atoms with Gasteiger partial charge < -0.3 is 0 Å². The Bertz CT molecular complexity index is 266. The normalized spacial score (nSPS) is 12.7. The van der Waals surface area contributed by atoms with E-state index in [9.17, 15) is 30.7 Å². The van der Waals surface area contributed by atoms with Crippen LogP contribution in [-0.4, -0.2) is 11.8 Å². The van der Waals surface area contributed by atoms with Crippen molar-refractivity contribution in [2.45, 2.75) is 50.9 Å². The monoisotopic (exact) mass is 266 g/mol. The summed E-state index contributed by atoms with van der Waals surface area (Å²) in [5, 5.41) is 0. The number of rotatable bonds is 7. The van der Waals surface area contributed by atoms with Crippen LogP contribution in [-0.2, 0) is 0 Å². The van der Waals surface area contributed by atoms with E-state index in [1.54, 1.807) is 6.92 Å². The van der Waals surface area contributed by atoms with E-state index in [1.165, 1.54) is 0 Å². The second kappa shape index (κ2) is 6.26. The Morgan fingerprint density at radius 1 is 0.882 bits per heavy atom. The van der Waals surface area contributed by atoms with Crippen molar-refractivity contribution in [1.29, 1.82) is 0 Å². The zero-order valence-corrected chi connectivity index (χ0v) is 9.18. The van der Waals surface area contributed by atoms with Gasteiger partial charge in [-0.15, -0.1) is 0 Å². The molecule has 0 aromatic heterocycles. The maximum Gasteiger partial charge on any atom is 0.366 e. The number of hydrogen-bond acceptors (Lipinski definition) is 0. The van der Waals surface area contributed by atoms with Crippen LogP contribution in [0.1, 0.15) is 39.0 Å². The van der Waals surface area contributed by atoms with Crippen LogP contribution in [0.25, 0.3) is 0 Å². The minimum Gasteiger partial charge on any atom is -0.199 e. The number of allylic oxidation sites excluding steroid dienone is 1. The van der Waals surface area contributed by atoms with E-state index >= 15 is 0 Å². The SMILES string of the molecule is CCCCCCC(F)(F)C(F)(F)C(F)=C(F)F. The molecule has 0 spiro atoms. The van der Waals surface area contributed by atoms with Crippen LogP contribution in [0.3, 0.4) is 0 Å². The van der Waals surface area contributed by atoms with Gasteiger partial charge in [-0.3, -0.25) is 0 Å². The highest BCUT2D eigenvalue weighted by Crippen LogP contribution is 2.45. The molecule has 0 N–H and O–H groups in total. The van der Waals surface area contributed by atoms with Crippen molar-refractivity contribution >= 4 is 0 Å². The number of unbranched alkanes of at least 4 members (excludes halogenated alkanes) is 3. The van der Waals surface area contributed by atoms with Crippen molar-refractivity contribution in [3.8, 4) is 0 Å². The summed E-state index contributed by atoms with van der Waals surface area (Å²) in [6, 6.07) is 0. The predicted molar refractivity (Wildman–Crippen MR) is 49.0 cm³/mol. The molecule has 0 aromatic carbocycles. The molecule has 0 aliphatic carbocycles. The second-order valence-corrected chi connectivity index (χ2v) is 3.66. The molecule has 0 aliphatic heterocycles. The molecule has 0 saturated carbocycles.